The predicted molar refractivity (Wildman–Crippen MR) is 126 cm³/mol. The van der Waals surface area contributed by atoms with E-state index in [9.17, 15) is 10.2 Å². The fourth-order valence-corrected chi connectivity index (χ4v) is 2.49. The molecule has 2 unspecified atom stereocenters. The number of halogens is 1. The highest BCUT2D eigenvalue weighted by Gasteiger charge is 2.23. The predicted octanol–water partition coefficient (Wildman–Crippen LogP) is 1.76. The number of alkyl halides is 1. The summed E-state index contributed by atoms with van der Waals surface area (Å²) in [6.07, 6.45) is -0.364. The maximum absolute atomic E-state index is 9.30. The molecule has 0 radical (unpaired) electrons. The van der Waals surface area contributed by atoms with Crippen LogP contribution in [0.15, 0.2) is 48.5 Å². The van der Waals surface area contributed by atoms with Crippen molar-refractivity contribution < 1.29 is 40.1 Å². The summed E-state index contributed by atoms with van der Waals surface area (Å²) in [5.41, 5.74) is 2.10. The molecule has 4 rings (SSSR count). The minimum absolute atomic E-state index is 0.151. The minimum atomic E-state index is -0.954. The van der Waals surface area contributed by atoms with Gasteiger partial charge < -0.3 is 40.1 Å². The lowest BCUT2D eigenvalue weighted by atomic mass is 9.78. The van der Waals surface area contributed by atoms with E-state index in [1.807, 2.05) is 24.3 Å². The van der Waals surface area contributed by atoms with Crippen molar-refractivity contribution in [2.24, 2.45) is 0 Å². The summed E-state index contributed by atoms with van der Waals surface area (Å²) in [6, 6.07) is 14.4. The quantitative estimate of drug-likeness (QED) is 0.267. The summed E-state index contributed by atoms with van der Waals surface area (Å²) in [4.78, 5) is 0. The van der Waals surface area contributed by atoms with E-state index >= 15 is 0 Å². The normalized spacial score (nSPS) is 18.1. The van der Waals surface area contributed by atoms with E-state index in [4.69, 9.17) is 36.8 Å². The number of benzene rings is 2. The zero-order valence-corrected chi connectivity index (χ0v) is 19.7. The summed E-state index contributed by atoms with van der Waals surface area (Å²) < 4.78 is 9.33. The molecule has 6 N–H and O–H groups in total. The van der Waals surface area contributed by atoms with Crippen LogP contribution >= 0.6 is 11.6 Å². The molecule has 8 nitrogen and oxygen atoms in total. The number of epoxide rings is 2. The second-order valence-corrected chi connectivity index (χ2v) is 8.29. The van der Waals surface area contributed by atoms with Crippen molar-refractivity contribution in [3.05, 3.63) is 59.7 Å². The Hall–Kier alpha value is -1.91. The van der Waals surface area contributed by atoms with Crippen LogP contribution in [0.1, 0.15) is 25.0 Å². The monoisotopic (exact) mass is 486 g/mol. The van der Waals surface area contributed by atoms with Gasteiger partial charge in [0.05, 0.1) is 45.0 Å². The summed E-state index contributed by atoms with van der Waals surface area (Å²) in [5, 5.41) is 50.7. The highest BCUT2D eigenvalue weighted by atomic mass is 35.5. The fraction of sp³-hybridized carbons (Fsp3) is 0.500. The maximum atomic E-state index is 9.30. The molecule has 2 fully saturated rings. The molecule has 0 amide bonds. The number of phenolic OH excluding ortho intramolecular Hbond substituents is 2. The van der Waals surface area contributed by atoms with E-state index in [2.05, 4.69) is 18.6 Å². The molecule has 9 heteroatoms. The van der Waals surface area contributed by atoms with E-state index in [0.717, 1.165) is 24.3 Å². The number of aliphatic hydroxyl groups is 4. The molecule has 0 spiro atoms. The number of aliphatic hydroxyl groups excluding tert-OH is 4. The lowest BCUT2D eigenvalue weighted by Crippen LogP contribution is -2.18. The van der Waals surface area contributed by atoms with E-state index in [1.165, 1.54) is 0 Å². The van der Waals surface area contributed by atoms with Gasteiger partial charge in [0.25, 0.3) is 0 Å². The zero-order chi connectivity index (χ0) is 24.9. The summed E-state index contributed by atoms with van der Waals surface area (Å²) in [7, 11) is 0. The molecular weight excluding hydrogens is 452 g/mol. The van der Waals surface area contributed by atoms with Crippen LogP contribution in [-0.4, -0.2) is 87.9 Å². The van der Waals surface area contributed by atoms with Crippen molar-refractivity contribution in [2.45, 2.75) is 37.6 Å². The second-order valence-electron chi connectivity index (χ2n) is 7.99. The third-order valence-electron chi connectivity index (χ3n) is 4.78. The van der Waals surface area contributed by atoms with Crippen molar-refractivity contribution in [2.75, 3.05) is 38.9 Å². The Bertz CT molecular complexity index is 696. The smallest absolute Gasteiger partial charge is 0.115 e. The molecule has 186 valence electrons. The number of ether oxygens (including phenoxy) is 2. The molecule has 2 aliphatic heterocycles. The van der Waals surface area contributed by atoms with E-state index in [-0.39, 0.29) is 42.8 Å². The van der Waals surface area contributed by atoms with Crippen LogP contribution < -0.4 is 0 Å². The van der Waals surface area contributed by atoms with Crippen molar-refractivity contribution in [1.82, 2.24) is 0 Å². The van der Waals surface area contributed by atoms with Crippen LogP contribution in [0.3, 0.4) is 0 Å². The van der Waals surface area contributed by atoms with Gasteiger partial charge in [0, 0.05) is 5.41 Å². The van der Waals surface area contributed by atoms with E-state index < -0.39 is 6.10 Å². The van der Waals surface area contributed by atoms with Crippen LogP contribution in [0.25, 0.3) is 0 Å². The van der Waals surface area contributed by atoms with Gasteiger partial charge in [0.1, 0.15) is 23.7 Å². The minimum Gasteiger partial charge on any atom is -0.508 e. The van der Waals surface area contributed by atoms with Gasteiger partial charge in [-0.25, -0.2) is 0 Å². The molecular formula is C24H35ClO8. The first-order valence-corrected chi connectivity index (χ1v) is 11.1. The van der Waals surface area contributed by atoms with Crippen LogP contribution in [0.4, 0.5) is 0 Å². The fourth-order valence-electron chi connectivity index (χ4n) is 2.31. The first-order chi connectivity index (χ1) is 15.7. The number of aromatic hydroxyl groups is 2. The van der Waals surface area contributed by atoms with Gasteiger partial charge in [-0.1, -0.05) is 38.1 Å². The topological polar surface area (TPSA) is 146 Å². The third kappa shape index (κ3) is 12.2. The largest absolute Gasteiger partial charge is 0.508 e. The Morgan fingerprint density at radius 3 is 1.33 bits per heavy atom. The highest BCUT2D eigenvalue weighted by Crippen LogP contribution is 2.32. The van der Waals surface area contributed by atoms with Crippen LogP contribution in [0.2, 0.25) is 0 Å². The van der Waals surface area contributed by atoms with Crippen molar-refractivity contribution in [3.8, 4) is 11.5 Å². The molecule has 0 bridgehead atoms. The van der Waals surface area contributed by atoms with Crippen LogP contribution in [-0.2, 0) is 14.9 Å². The van der Waals surface area contributed by atoms with Crippen molar-refractivity contribution in [1.29, 1.82) is 0 Å². The van der Waals surface area contributed by atoms with Crippen molar-refractivity contribution in [3.63, 3.8) is 0 Å². The SMILES string of the molecule is CC(C)(c1ccc(O)cc1)c1ccc(O)cc1.ClCC1CO1.OCC(O)CO.OCC1CO1. The van der Waals surface area contributed by atoms with Crippen LogP contribution in [0.5, 0.6) is 11.5 Å². The second kappa shape index (κ2) is 15.1. The lowest BCUT2D eigenvalue weighted by molar-refractivity contribution is 0.0450. The van der Waals surface area contributed by atoms with Gasteiger partial charge >= 0.3 is 0 Å². The Morgan fingerprint density at radius 2 is 1.18 bits per heavy atom. The van der Waals surface area contributed by atoms with Gasteiger partial charge in [-0.05, 0) is 35.4 Å². The summed E-state index contributed by atoms with van der Waals surface area (Å²) in [5.74, 6) is 1.21. The van der Waals surface area contributed by atoms with Gasteiger partial charge in [0.2, 0.25) is 0 Å². The molecule has 2 atom stereocenters. The van der Waals surface area contributed by atoms with Gasteiger partial charge in [0.15, 0.2) is 0 Å². The first-order valence-electron chi connectivity index (χ1n) is 10.6. The number of phenols is 2. The molecule has 0 saturated carbocycles. The van der Waals surface area contributed by atoms with Crippen molar-refractivity contribution >= 4 is 11.6 Å². The average molecular weight is 487 g/mol. The van der Waals surface area contributed by atoms with E-state index in [1.54, 1.807) is 24.3 Å². The molecule has 2 aromatic carbocycles. The van der Waals surface area contributed by atoms with Gasteiger partial charge in [-0.15, -0.1) is 11.6 Å². The van der Waals surface area contributed by atoms with E-state index in [0.29, 0.717) is 12.0 Å². The molecule has 2 aromatic rings. The Morgan fingerprint density at radius 1 is 0.818 bits per heavy atom. The highest BCUT2D eigenvalue weighted by molar-refractivity contribution is 6.18. The summed E-state index contributed by atoms with van der Waals surface area (Å²) in [6.45, 7) is 5.34. The Labute approximate surface area is 199 Å². The van der Waals surface area contributed by atoms with Gasteiger partial charge in [-0.3, -0.25) is 0 Å². The standard InChI is InChI=1S/C15H16O2.C3H5ClO.C3H8O3.C3H6O2/c1-15(2,11-3-7-13(16)8-4-11)12-5-9-14(17)10-6-12;4-1-3-2-5-3;4-1-3(6)2-5;4-1-3-2-5-3/h3-10,16-17H,1-2H3;3H,1-2H2;3-6H,1-2H2;3-4H,1-2H2. The summed E-state index contributed by atoms with van der Waals surface area (Å²) >= 11 is 5.27. The molecule has 2 aliphatic rings. The molecule has 0 aliphatic carbocycles. The molecule has 2 saturated heterocycles. The van der Waals surface area contributed by atoms with Crippen LogP contribution in [0, 0.1) is 0 Å². The first kappa shape index (κ1) is 29.1. The average Bonchev–Trinajstić information content (AvgIpc) is 3.74. The number of hydrogen-bond donors (Lipinski definition) is 6. The number of rotatable bonds is 6. The lowest BCUT2D eigenvalue weighted by Gasteiger charge is -2.26. The Balaban J connectivity index is 0.000000275. The number of hydrogen-bond acceptors (Lipinski definition) is 8. The zero-order valence-electron chi connectivity index (χ0n) is 19.0. The molecule has 33 heavy (non-hydrogen) atoms. The Kier molecular flexibility index (Phi) is 13.3. The molecule has 0 aromatic heterocycles. The van der Waals surface area contributed by atoms with Gasteiger partial charge in [-0.2, -0.15) is 0 Å². The molecule has 2 heterocycles. The maximum Gasteiger partial charge on any atom is 0.115 e. The third-order valence-corrected chi connectivity index (χ3v) is 5.12.